The van der Waals surface area contributed by atoms with E-state index in [-0.39, 0.29) is 30.3 Å². The predicted octanol–water partition coefficient (Wildman–Crippen LogP) is 1.58. The second kappa shape index (κ2) is 10.2. The predicted molar refractivity (Wildman–Crippen MR) is 133 cm³/mol. The molecule has 8 heteroatoms. The SMILES string of the molecule is CN[C@@H](C)C(=O)N[C@H](C(=O)N1CC[C@@H](O)[C@H]1C(=O)NC1c2ccccc2-c2ccccc21)C(C)C. The molecule has 186 valence electrons. The van der Waals surface area contributed by atoms with Crippen LogP contribution in [0.2, 0.25) is 0 Å². The smallest absolute Gasteiger partial charge is 0.246 e. The van der Waals surface area contributed by atoms with Gasteiger partial charge in [0.25, 0.3) is 0 Å². The number of carbonyl (C=O) groups is 3. The largest absolute Gasteiger partial charge is 0.390 e. The molecule has 2 aromatic carbocycles. The number of amides is 3. The van der Waals surface area contributed by atoms with E-state index in [1.54, 1.807) is 14.0 Å². The monoisotopic (exact) mass is 478 g/mol. The third-order valence-electron chi connectivity index (χ3n) is 7.09. The molecule has 0 bridgehead atoms. The third kappa shape index (κ3) is 4.68. The van der Waals surface area contributed by atoms with Crippen molar-refractivity contribution >= 4 is 17.7 Å². The highest BCUT2D eigenvalue weighted by atomic mass is 16.3. The maximum absolute atomic E-state index is 13.6. The Morgan fingerprint density at radius 3 is 2.09 bits per heavy atom. The number of aliphatic hydroxyl groups is 1. The summed E-state index contributed by atoms with van der Waals surface area (Å²) >= 11 is 0. The van der Waals surface area contributed by atoms with E-state index in [9.17, 15) is 19.5 Å². The average Bonchev–Trinajstić information content (AvgIpc) is 3.39. The molecule has 3 amide bonds. The molecule has 4 atom stereocenters. The van der Waals surface area contributed by atoms with Crippen LogP contribution in [0.3, 0.4) is 0 Å². The van der Waals surface area contributed by atoms with Gasteiger partial charge in [-0.15, -0.1) is 0 Å². The Bertz CT molecular complexity index is 1070. The van der Waals surface area contributed by atoms with Crippen molar-refractivity contribution in [2.75, 3.05) is 13.6 Å². The second-order valence-electron chi connectivity index (χ2n) is 9.69. The second-order valence-corrected chi connectivity index (χ2v) is 9.69. The van der Waals surface area contributed by atoms with Crippen molar-refractivity contribution in [2.24, 2.45) is 5.92 Å². The highest BCUT2D eigenvalue weighted by Crippen LogP contribution is 2.43. The van der Waals surface area contributed by atoms with Gasteiger partial charge in [-0.05, 0) is 48.6 Å². The van der Waals surface area contributed by atoms with Gasteiger partial charge in [0.2, 0.25) is 17.7 Å². The summed E-state index contributed by atoms with van der Waals surface area (Å²) in [4.78, 5) is 41.0. The summed E-state index contributed by atoms with van der Waals surface area (Å²) in [5.41, 5.74) is 4.10. The van der Waals surface area contributed by atoms with Crippen LogP contribution >= 0.6 is 0 Å². The normalized spacial score (nSPS) is 20.8. The molecule has 2 aliphatic rings. The Labute approximate surface area is 206 Å². The maximum Gasteiger partial charge on any atom is 0.246 e. The molecular weight excluding hydrogens is 444 g/mol. The van der Waals surface area contributed by atoms with Crippen LogP contribution < -0.4 is 16.0 Å². The summed E-state index contributed by atoms with van der Waals surface area (Å²) < 4.78 is 0. The van der Waals surface area contributed by atoms with Crippen LogP contribution in [0, 0.1) is 5.92 Å². The molecular formula is C27H34N4O4. The van der Waals surface area contributed by atoms with Gasteiger partial charge in [-0.1, -0.05) is 62.4 Å². The average molecular weight is 479 g/mol. The first-order chi connectivity index (χ1) is 16.7. The summed E-state index contributed by atoms with van der Waals surface area (Å²) in [5.74, 6) is -1.25. The number of hydrogen-bond acceptors (Lipinski definition) is 5. The number of aliphatic hydroxyl groups excluding tert-OH is 1. The lowest BCUT2D eigenvalue weighted by molar-refractivity contribution is -0.144. The van der Waals surface area contributed by atoms with Crippen LogP contribution in [0.4, 0.5) is 0 Å². The minimum absolute atomic E-state index is 0.189. The summed E-state index contributed by atoms with van der Waals surface area (Å²) in [7, 11) is 1.67. The van der Waals surface area contributed by atoms with Crippen LogP contribution in [0.1, 0.15) is 44.4 Å². The summed E-state index contributed by atoms with van der Waals surface area (Å²) in [6.45, 7) is 5.66. The van der Waals surface area contributed by atoms with Crippen molar-refractivity contribution in [2.45, 2.75) is 57.5 Å². The van der Waals surface area contributed by atoms with Crippen molar-refractivity contribution in [3.8, 4) is 11.1 Å². The van der Waals surface area contributed by atoms with E-state index >= 15 is 0 Å². The molecule has 8 nitrogen and oxygen atoms in total. The molecule has 4 N–H and O–H groups in total. The molecule has 2 aromatic rings. The first-order valence-corrected chi connectivity index (χ1v) is 12.2. The number of nitrogens with one attached hydrogen (secondary N) is 3. The number of benzene rings is 2. The highest BCUT2D eigenvalue weighted by molar-refractivity contribution is 5.94. The molecule has 0 saturated carbocycles. The summed E-state index contributed by atoms with van der Waals surface area (Å²) in [5, 5.41) is 19.5. The standard InChI is InChI=1S/C27H34N4O4/c1-15(2)22(29-25(33)16(3)28-4)27(35)31-14-13-21(32)24(31)26(34)30-23-19-11-7-5-9-17(19)18-10-6-8-12-20(18)23/h5-12,15-16,21-24,28,32H,13-14H2,1-4H3,(H,29,33)(H,30,34)/t16-,21+,22-,24-/m0/s1. The van der Waals surface area contributed by atoms with Crippen LogP contribution in [0.25, 0.3) is 11.1 Å². The number of hydrogen-bond donors (Lipinski definition) is 4. The minimum atomic E-state index is -1.03. The molecule has 0 spiro atoms. The Balaban J connectivity index is 1.56. The number of likely N-dealkylation sites (N-methyl/N-ethyl adjacent to an activating group) is 1. The quantitative estimate of drug-likeness (QED) is 0.483. The van der Waals surface area contributed by atoms with Gasteiger partial charge in [-0.25, -0.2) is 0 Å². The zero-order valence-corrected chi connectivity index (χ0v) is 20.6. The topological polar surface area (TPSA) is 111 Å². The zero-order valence-electron chi connectivity index (χ0n) is 20.6. The Kier molecular flexibility index (Phi) is 7.23. The van der Waals surface area contributed by atoms with E-state index < -0.39 is 30.1 Å². The van der Waals surface area contributed by atoms with Gasteiger partial charge in [0, 0.05) is 6.54 Å². The number of likely N-dealkylation sites (tertiary alicyclic amines) is 1. The highest BCUT2D eigenvalue weighted by Gasteiger charge is 2.45. The van der Waals surface area contributed by atoms with E-state index in [0.717, 1.165) is 22.3 Å². The van der Waals surface area contributed by atoms with Crippen LogP contribution in [-0.4, -0.2) is 65.5 Å². The Morgan fingerprint density at radius 2 is 1.54 bits per heavy atom. The van der Waals surface area contributed by atoms with E-state index in [0.29, 0.717) is 6.42 Å². The van der Waals surface area contributed by atoms with Gasteiger partial charge in [0.15, 0.2) is 0 Å². The van der Waals surface area contributed by atoms with Crippen LogP contribution in [-0.2, 0) is 14.4 Å². The fourth-order valence-electron chi connectivity index (χ4n) is 4.98. The van der Waals surface area contributed by atoms with Gasteiger partial charge in [-0.2, -0.15) is 0 Å². The van der Waals surface area contributed by atoms with E-state index in [1.165, 1.54) is 4.90 Å². The van der Waals surface area contributed by atoms with E-state index in [2.05, 4.69) is 16.0 Å². The first-order valence-electron chi connectivity index (χ1n) is 12.2. The Hall–Kier alpha value is -3.23. The van der Waals surface area contributed by atoms with E-state index in [4.69, 9.17) is 0 Å². The molecule has 35 heavy (non-hydrogen) atoms. The number of rotatable bonds is 7. The van der Waals surface area contributed by atoms with Gasteiger partial charge in [0.05, 0.1) is 18.2 Å². The van der Waals surface area contributed by atoms with Crippen molar-refractivity contribution < 1.29 is 19.5 Å². The van der Waals surface area contributed by atoms with Crippen molar-refractivity contribution in [1.29, 1.82) is 0 Å². The van der Waals surface area contributed by atoms with E-state index in [1.807, 2.05) is 62.4 Å². The molecule has 1 heterocycles. The maximum atomic E-state index is 13.6. The van der Waals surface area contributed by atoms with Crippen molar-refractivity contribution in [1.82, 2.24) is 20.9 Å². The molecule has 0 unspecified atom stereocenters. The summed E-state index contributed by atoms with van der Waals surface area (Å²) in [6.07, 6.45) is -0.682. The number of carbonyl (C=O) groups excluding carboxylic acids is 3. The zero-order chi connectivity index (χ0) is 25.3. The third-order valence-corrected chi connectivity index (χ3v) is 7.09. The van der Waals surface area contributed by atoms with Gasteiger partial charge in [-0.3, -0.25) is 14.4 Å². The van der Waals surface area contributed by atoms with Gasteiger partial charge in [0.1, 0.15) is 12.1 Å². The molecule has 0 aromatic heterocycles. The fourth-order valence-corrected chi connectivity index (χ4v) is 4.98. The minimum Gasteiger partial charge on any atom is -0.390 e. The van der Waals surface area contributed by atoms with Crippen molar-refractivity contribution in [3.05, 3.63) is 59.7 Å². The van der Waals surface area contributed by atoms with Crippen molar-refractivity contribution in [3.63, 3.8) is 0 Å². The molecule has 1 saturated heterocycles. The molecule has 1 aliphatic heterocycles. The number of nitrogens with zero attached hydrogens (tertiary/aromatic N) is 1. The number of fused-ring (bicyclic) bond motifs is 3. The molecule has 0 radical (unpaired) electrons. The molecule has 1 aliphatic carbocycles. The van der Waals surface area contributed by atoms with Gasteiger partial charge < -0.3 is 26.0 Å². The lowest BCUT2D eigenvalue weighted by atomic mass is 10.0. The van der Waals surface area contributed by atoms with Gasteiger partial charge >= 0.3 is 0 Å². The van der Waals surface area contributed by atoms with Crippen LogP contribution in [0.5, 0.6) is 0 Å². The lowest BCUT2D eigenvalue weighted by Gasteiger charge is -2.32. The molecule has 1 fully saturated rings. The van der Waals surface area contributed by atoms with Crippen LogP contribution in [0.15, 0.2) is 48.5 Å². The fraction of sp³-hybridized carbons (Fsp3) is 0.444. The molecule has 4 rings (SSSR count). The summed E-state index contributed by atoms with van der Waals surface area (Å²) in [6, 6.07) is 13.2. The first kappa shape index (κ1) is 24.9. The lowest BCUT2D eigenvalue weighted by Crippen LogP contribution is -2.58. The Morgan fingerprint density at radius 1 is 0.971 bits per heavy atom.